The minimum atomic E-state index is 0.220. The van der Waals surface area contributed by atoms with Crippen molar-refractivity contribution in [1.29, 1.82) is 0 Å². The third-order valence-corrected chi connectivity index (χ3v) is 3.40. The highest BCUT2D eigenvalue weighted by Crippen LogP contribution is 2.15. The van der Waals surface area contributed by atoms with Crippen LogP contribution in [0, 0.1) is 12.8 Å². The first-order valence-electron chi connectivity index (χ1n) is 6.65. The quantitative estimate of drug-likeness (QED) is 0.748. The standard InChI is InChI=1S/C15H21NO2/c1-13-4-2-6-15(10-13)18-9-8-16-7-3-5-14(11-16)12-17/h2,4,6,10,12,14H,3,5,7-9,11H2,1H3. The van der Waals surface area contributed by atoms with Crippen LogP contribution in [0.2, 0.25) is 0 Å². The molecule has 0 N–H and O–H groups in total. The Kier molecular flexibility index (Phi) is 4.76. The van der Waals surface area contributed by atoms with Crippen LogP contribution in [0.1, 0.15) is 18.4 Å². The van der Waals surface area contributed by atoms with Gasteiger partial charge in [0.05, 0.1) is 0 Å². The SMILES string of the molecule is Cc1cccc(OCCN2CCCC(C=O)C2)c1. The number of aryl methyl sites for hydroxylation is 1. The van der Waals surface area contributed by atoms with Gasteiger partial charge in [-0.25, -0.2) is 0 Å². The molecule has 1 aromatic rings. The summed E-state index contributed by atoms with van der Waals surface area (Å²) in [6.07, 6.45) is 3.25. The Bertz CT molecular complexity index is 392. The summed E-state index contributed by atoms with van der Waals surface area (Å²) < 4.78 is 5.73. The Morgan fingerprint density at radius 1 is 1.50 bits per heavy atom. The second-order valence-electron chi connectivity index (χ2n) is 5.00. The molecule has 3 nitrogen and oxygen atoms in total. The number of piperidine rings is 1. The summed E-state index contributed by atoms with van der Waals surface area (Å²) in [4.78, 5) is 13.1. The van der Waals surface area contributed by atoms with Gasteiger partial charge in [-0.15, -0.1) is 0 Å². The molecule has 18 heavy (non-hydrogen) atoms. The fourth-order valence-corrected chi connectivity index (χ4v) is 2.40. The van der Waals surface area contributed by atoms with Crippen LogP contribution in [0.5, 0.6) is 5.75 Å². The van der Waals surface area contributed by atoms with E-state index in [2.05, 4.69) is 17.9 Å². The highest BCUT2D eigenvalue weighted by molar-refractivity contribution is 5.53. The summed E-state index contributed by atoms with van der Waals surface area (Å²) in [5.41, 5.74) is 1.21. The molecule has 3 heteroatoms. The van der Waals surface area contributed by atoms with Crippen molar-refractivity contribution >= 4 is 6.29 Å². The number of carbonyl (C=O) groups is 1. The average molecular weight is 247 g/mol. The maximum atomic E-state index is 10.8. The molecule has 1 heterocycles. The van der Waals surface area contributed by atoms with Gasteiger partial charge in [0, 0.05) is 19.0 Å². The summed E-state index contributed by atoms with van der Waals surface area (Å²) in [7, 11) is 0. The fraction of sp³-hybridized carbons (Fsp3) is 0.533. The Morgan fingerprint density at radius 3 is 3.17 bits per heavy atom. The molecular formula is C15H21NO2. The Balaban J connectivity index is 1.73. The first kappa shape index (κ1) is 13.1. The second-order valence-corrected chi connectivity index (χ2v) is 5.00. The van der Waals surface area contributed by atoms with Crippen molar-refractivity contribution in [1.82, 2.24) is 4.90 Å². The smallest absolute Gasteiger partial charge is 0.124 e. The van der Waals surface area contributed by atoms with E-state index < -0.39 is 0 Å². The van der Waals surface area contributed by atoms with Crippen LogP contribution in [0.25, 0.3) is 0 Å². The number of aldehydes is 1. The van der Waals surface area contributed by atoms with Crippen LogP contribution in [0.3, 0.4) is 0 Å². The van der Waals surface area contributed by atoms with Crippen LogP contribution < -0.4 is 4.74 Å². The van der Waals surface area contributed by atoms with Gasteiger partial charge < -0.3 is 9.53 Å². The van der Waals surface area contributed by atoms with Crippen molar-refractivity contribution in [2.24, 2.45) is 5.92 Å². The zero-order valence-corrected chi connectivity index (χ0v) is 11.0. The van der Waals surface area contributed by atoms with E-state index in [-0.39, 0.29) is 5.92 Å². The number of benzene rings is 1. The van der Waals surface area contributed by atoms with Crippen molar-refractivity contribution < 1.29 is 9.53 Å². The molecule has 1 aliphatic heterocycles. The molecule has 0 aliphatic carbocycles. The van der Waals surface area contributed by atoms with E-state index in [0.717, 1.165) is 44.5 Å². The topological polar surface area (TPSA) is 29.5 Å². The lowest BCUT2D eigenvalue weighted by Gasteiger charge is -2.29. The van der Waals surface area contributed by atoms with Gasteiger partial charge in [0.1, 0.15) is 18.6 Å². The molecule has 1 aromatic carbocycles. The third-order valence-electron chi connectivity index (χ3n) is 3.40. The van der Waals surface area contributed by atoms with E-state index in [4.69, 9.17) is 4.74 Å². The van der Waals surface area contributed by atoms with Gasteiger partial charge in [-0.1, -0.05) is 12.1 Å². The van der Waals surface area contributed by atoms with Crippen molar-refractivity contribution in [3.05, 3.63) is 29.8 Å². The van der Waals surface area contributed by atoms with E-state index in [1.807, 2.05) is 18.2 Å². The molecule has 0 amide bonds. The number of nitrogens with zero attached hydrogens (tertiary/aromatic N) is 1. The van der Waals surface area contributed by atoms with Crippen LogP contribution in [0.15, 0.2) is 24.3 Å². The van der Waals surface area contributed by atoms with E-state index in [1.165, 1.54) is 5.56 Å². The first-order valence-corrected chi connectivity index (χ1v) is 6.65. The van der Waals surface area contributed by atoms with Gasteiger partial charge in [0.2, 0.25) is 0 Å². The van der Waals surface area contributed by atoms with Crippen molar-refractivity contribution in [2.75, 3.05) is 26.2 Å². The van der Waals surface area contributed by atoms with Crippen LogP contribution in [-0.4, -0.2) is 37.4 Å². The molecule has 1 fully saturated rings. The largest absolute Gasteiger partial charge is 0.492 e. The predicted octanol–water partition coefficient (Wildman–Crippen LogP) is 2.28. The summed E-state index contributed by atoms with van der Waals surface area (Å²) in [6, 6.07) is 8.10. The third kappa shape index (κ3) is 3.84. The van der Waals surface area contributed by atoms with Gasteiger partial charge in [-0.05, 0) is 44.0 Å². The lowest BCUT2D eigenvalue weighted by molar-refractivity contribution is -0.112. The molecule has 1 saturated heterocycles. The van der Waals surface area contributed by atoms with Crippen molar-refractivity contribution in [3.8, 4) is 5.75 Å². The van der Waals surface area contributed by atoms with E-state index in [9.17, 15) is 4.79 Å². The molecule has 1 atom stereocenters. The summed E-state index contributed by atoms with van der Waals surface area (Å²) in [6.45, 7) is 5.63. The number of likely N-dealkylation sites (tertiary alicyclic amines) is 1. The van der Waals surface area contributed by atoms with Gasteiger partial charge >= 0.3 is 0 Å². The normalized spacial score (nSPS) is 20.6. The molecule has 98 valence electrons. The van der Waals surface area contributed by atoms with Gasteiger partial charge in [-0.3, -0.25) is 4.90 Å². The Morgan fingerprint density at radius 2 is 2.39 bits per heavy atom. The summed E-state index contributed by atoms with van der Waals surface area (Å²) in [5.74, 6) is 1.15. The van der Waals surface area contributed by atoms with E-state index in [0.29, 0.717) is 6.61 Å². The highest BCUT2D eigenvalue weighted by atomic mass is 16.5. The van der Waals surface area contributed by atoms with Crippen LogP contribution >= 0.6 is 0 Å². The first-order chi connectivity index (χ1) is 8.78. The molecule has 2 rings (SSSR count). The maximum absolute atomic E-state index is 10.8. The fourth-order valence-electron chi connectivity index (χ4n) is 2.40. The second kappa shape index (κ2) is 6.55. The minimum absolute atomic E-state index is 0.220. The van der Waals surface area contributed by atoms with Crippen LogP contribution in [0.4, 0.5) is 0 Å². The van der Waals surface area contributed by atoms with E-state index in [1.54, 1.807) is 0 Å². The number of hydrogen-bond donors (Lipinski definition) is 0. The zero-order chi connectivity index (χ0) is 12.8. The van der Waals surface area contributed by atoms with Gasteiger partial charge in [0.25, 0.3) is 0 Å². The number of ether oxygens (including phenoxy) is 1. The molecule has 0 radical (unpaired) electrons. The summed E-state index contributed by atoms with van der Waals surface area (Å²) >= 11 is 0. The van der Waals surface area contributed by atoms with E-state index >= 15 is 0 Å². The molecule has 1 unspecified atom stereocenters. The van der Waals surface area contributed by atoms with Gasteiger partial charge in [-0.2, -0.15) is 0 Å². The zero-order valence-electron chi connectivity index (χ0n) is 11.0. The minimum Gasteiger partial charge on any atom is -0.492 e. The molecule has 1 aliphatic rings. The van der Waals surface area contributed by atoms with Crippen molar-refractivity contribution in [2.45, 2.75) is 19.8 Å². The Labute approximate surface area is 109 Å². The molecule has 0 saturated carbocycles. The Hall–Kier alpha value is -1.35. The number of carbonyl (C=O) groups excluding carboxylic acids is 1. The molecular weight excluding hydrogens is 226 g/mol. The number of hydrogen-bond acceptors (Lipinski definition) is 3. The maximum Gasteiger partial charge on any atom is 0.124 e. The van der Waals surface area contributed by atoms with Crippen molar-refractivity contribution in [3.63, 3.8) is 0 Å². The van der Waals surface area contributed by atoms with Crippen LogP contribution in [-0.2, 0) is 4.79 Å². The predicted molar refractivity (Wildman–Crippen MR) is 71.9 cm³/mol. The van der Waals surface area contributed by atoms with Gasteiger partial charge in [0.15, 0.2) is 0 Å². The monoisotopic (exact) mass is 247 g/mol. The molecule has 0 spiro atoms. The molecule has 0 bridgehead atoms. The summed E-state index contributed by atoms with van der Waals surface area (Å²) in [5, 5.41) is 0. The number of rotatable bonds is 5. The average Bonchev–Trinajstić information content (AvgIpc) is 2.39. The highest BCUT2D eigenvalue weighted by Gasteiger charge is 2.18. The lowest BCUT2D eigenvalue weighted by Crippen LogP contribution is -2.38. The lowest BCUT2D eigenvalue weighted by atomic mass is 10.00. The molecule has 0 aromatic heterocycles.